The molecule has 4 aliphatic rings. The van der Waals surface area contributed by atoms with Crippen LogP contribution in [0.4, 0.5) is 0 Å². The van der Waals surface area contributed by atoms with Gasteiger partial charge in [-0.15, -0.1) is 0 Å². The Hall–Kier alpha value is -2.34. The van der Waals surface area contributed by atoms with Crippen LogP contribution in [0, 0.1) is 6.92 Å². The van der Waals surface area contributed by atoms with Gasteiger partial charge in [-0.25, -0.2) is 15.0 Å². The maximum atomic E-state index is 6.24. The molecule has 1 N–H and O–H groups in total. The zero-order valence-corrected chi connectivity index (χ0v) is 16.9. The summed E-state index contributed by atoms with van der Waals surface area (Å²) in [5.41, 5.74) is 3.73. The number of aryl methyl sites for hydroxylation is 1. The van der Waals surface area contributed by atoms with Gasteiger partial charge in [0.15, 0.2) is 0 Å². The van der Waals surface area contributed by atoms with E-state index in [1.807, 2.05) is 19.5 Å². The Balaban J connectivity index is 1.27. The van der Waals surface area contributed by atoms with Gasteiger partial charge in [0.1, 0.15) is 18.0 Å². The Labute approximate surface area is 170 Å². The fraction of sp³-hybridized carbons (Fsp3) is 0.476. The fourth-order valence-corrected chi connectivity index (χ4v) is 4.83. The second-order valence-corrected chi connectivity index (χ2v) is 8.48. The molecular weight excluding hydrogens is 372 g/mol. The van der Waals surface area contributed by atoms with Gasteiger partial charge >= 0.3 is 0 Å². The Kier molecular flexibility index (Phi) is 4.59. The first-order valence-corrected chi connectivity index (χ1v) is 10.5. The maximum absolute atomic E-state index is 6.24. The van der Waals surface area contributed by atoms with Crippen LogP contribution < -0.4 is 5.32 Å². The van der Waals surface area contributed by atoms with Gasteiger partial charge in [-0.1, -0.05) is 11.6 Å². The second-order valence-electron chi connectivity index (χ2n) is 7.99. The molecule has 0 atom stereocenters. The molecule has 5 rings (SSSR count). The van der Waals surface area contributed by atoms with E-state index in [2.05, 4.69) is 43.5 Å². The van der Waals surface area contributed by atoms with E-state index in [1.54, 1.807) is 0 Å². The fourth-order valence-electron chi connectivity index (χ4n) is 4.63. The molecule has 0 unspecified atom stereocenters. The van der Waals surface area contributed by atoms with Crippen molar-refractivity contribution in [3.63, 3.8) is 0 Å². The molecule has 0 amide bonds. The van der Waals surface area contributed by atoms with Crippen LogP contribution in [0.2, 0.25) is 0 Å². The molecule has 7 heteroatoms. The van der Waals surface area contributed by atoms with Crippen molar-refractivity contribution in [2.45, 2.75) is 57.4 Å². The number of nitrogens with one attached hydrogen (secondary N) is 1. The average Bonchev–Trinajstić information content (AvgIpc) is 3.02. The quantitative estimate of drug-likeness (QED) is 0.820. The monoisotopic (exact) mass is 396 g/mol. The number of hydrazone groups is 1. The number of hydrogen-bond donors (Lipinski definition) is 1. The lowest BCUT2D eigenvalue weighted by molar-refractivity contribution is 0.183. The molecule has 0 aromatic carbocycles. The SMILES string of the molecule is Cc1nccc([C@H]2CC[C@H](N3N=CN4CC5=C(C=C(Cl)CC5)NC=C43)CC2)n1. The zero-order chi connectivity index (χ0) is 19.1. The number of allylic oxidation sites excluding steroid dienone is 2. The first-order chi connectivity index (χ1) is 13.7. The van der Waals surface area contributed by atoms with E-state index in [9.17, 15) is 0 Å². The molecule has 1 aromatic heterocycles. The predicted molar refractivity (Wildman–Crippen MR) is 110 cm³/mol. The van der Waals surface area contributed by atoms with Crippen molar-refractivity contribution in [2.75, 3.05) is 6.54 Å². The van der Waals surface area contributed by atoms with Gasteiger partial charge in [0.05, 0.1) is 6.04 Å². The number of hydrogen-bond acceptors (Lipinski definition) is 6. The van der Waals surface area contributed by atoms with Crippen LogP contribution in [0.15, 0.2) is 51.8 Å². The molecule has 146 valence electrons. The number of aromatic nitrogens is 2. The van der Waals surface area contributed by atoms with E-state index in [0.717, 1.165) is 67.4 Å². The van der Waals surface area contributed by atoms with Gasteiger partial charge in [0.25, 0.3) is 0 Å². The zero-order valence-electron chi connectivity index (χ0n) is 16.1. The van der Waals surface area contributed by atoms with Crippen LogP contribution in [-0.4, -0.2) is 38.8 Å². The third-order valence-corrected chi connectivity index (χ3v) is 6.47. The van der Waals surface area contributed by atoms with E-state index in [1.165, 1.54) is 11.3 Å². The van der Waals surface area contributed by atoms with Crippen molar-refractivity contribution >= 4 is 17.9 Å². The molecule has 1 fully saturated rings. The van der Waals surface area contributed by atoms with Crippen LogP contribution in [0.3, 0.4) is 0 Å². The molecule has 3 heterocycles. The number of fused-ring (bicyclic) bond motifs is 1. The smallest absolute Gasteiger partial charge is 0.147 e. The highest BCUT2D eigenvalue weighted by Crippen LogP contribution is 2.37. The predicted octanol–water partition coefficient (Wildman–Crippen LogP) is 3.94. The first kappa shape index (κ1) is 17.7. The Bertz CT molecular complexity index is 894. The van der Waals surface area contributed by atoms with E-state index >= 15 is 0 Å². The molecule has 0 spiro atoms. The normalized spacial score (nSPS) is 26.9. The minimum atomic E-state index is 0.433. The number of nitrogens with zero attached hydrogens (tertiary/aromatic N) is 5. The molecular formula is C21H25ClN6. The highest BCUT2D eigenvalue weighted by molar-refractivity contribution is 6.29. The molecule has 1 saturated carbocycles. The van der Waals surface area contributed by atoms with Gasteiger partial charge in [-0.05, 0) is 63.2 Å². The Morgan fingerprint density at radius 3 is 2.86 bits per heavy atom. The van der Waals surface area contributed by atoms with Gasteiger partial charge in [-0.2, -0.15) is 5.10 Å². The van der Waals surface area contributed by atoms with Crippen LogP contribution in [0.25, 0.3) is 0 Å². The highest BCUT2D eigenvalue weighted by Gasteiger charge is 2.34. The van der Waals surface area contributed by atoms with E-state index in [4.69, 9.17) is 16.7 Å². The Morgan fingerprint density at radius 2 is 2.04 bits per heavy atom. The summed E-state index contributed by atoms with van der Waals surface area (Å²) in [4.78, 5) is 11.1. The summed E-state index contributed by atoms with van der Waals surface area (Å²) in [5.74, 6) is 2.53. The van der Waals surface area contributed by atoms with E-state index in [-0.39, 0.29) is 0 Å². The lowest BCUT2D eigenvalue weighted by Gasteiger charge is -2.34. The minimum absolute atomic E-state index is 0.433. The summed E-state index contributed by atoms with van der Waals surface area (Å²) < 4.78 is 0. The standard InChI is InChI=1S/C21H25ClN6/c1-14-23-9-8-19(26-14)15-3-6-18(7-4-15)28-21-11-24-20-10-17(22)5-2-16(20)12-27(21)13-25-28/h8-11,13,15,18,24H,2-7,12H2,1H3/t15-,18-. The van der Waals surface area contributed by atoms with E-state index in [0.29, 0.717) is 12.0 Å². The van der Waals surface area contributed by atoms with Crippen molar-refractivity contribution in [1.29, 1.82) is 0 Å². The maximum Gasteiger partial charge on any atom is 0.147 e. The molecule has 1 aromatic rings. The Morgan fingerprint density at radius 1 is 1.18 bits per heavy atom. The molecule has 2 aliphatic carbocycles. The van der Waals surface area contributed by atoms with Gasteiger partial charge in [-0.3, -0.25) is 0 Å². The van der Waals surface area contributed by atoms with Crippen LogP contribution in [0.1, 0.15) is 56.0 Å². The molecule has 0 radical (unpaired) electrons. The van der Waals surface area contributed by atoms with Gasteiger partial charge in [0, 0.05) is 41.3 Å². The van der Waals surface area contributed by atoms with Crippen molar-refractivity contribution < 1.29 is 0 Å². The van der Waals surface area contributed by atoms with Crippen LogP contribution in [0.5, 0.6) is 0 Å². The minimum Gasteiger partial charge on any atom is -0.358 e. The molecule has 0 saturated heterocycles. The van der Waals surface area contributed by atoms with Crippen LogP contribution >= 0.6 is 11.6 Å². The van der Waals surface area contributed by atoms with Crippen molar-refractivity contribution in [2.24, 2.45) is 5.10 Å². The first-order valence-electron chi connectivity index (χ1n) is 10.1. The van der Waals surface area contributed by atoms with Crippen LogP contribution in [-0.2, 0) is 0 Å². The number of rotatable bonds is 2. The second kappa shape index (κ2) is 7.24. The van der Waals surface area contributed by atoms with Gasteiger partial charge in [0.2, 0.25) is 0 Å². The topological polar surface area (TPSA) is 56.7 Å². The summed E-state index contributed by atoms with van der Waals surface area (Å²) in [5, 5.41) is 11.4. The molecule has 6 nitrogen and oxygen atoms in total. The summed E-state index contributed by atoms with van der Waals surface area (Å²) >= 11 is 6.24. The summed E-state index contributed by atoms with van der Waals surface area (Å²) in [6, 6.07) is 2.50. The highest BCUT2D eigenvalue weighted by atomic mass is 35.5. The van der Waals surface area contributed by atoms with Gasteiger partial charge < -0.3 is 10.2 Å². The lowest BCUT2D eigenvalue weighted by atomic mass is 9.83. The summed E-state index contributed by atoms with van der Waals surface area (Å²) in [6.07, 6.45) is 14.5. The summed E-state index contributed by atoms with van der Waals surface area (Å²) in [7, 11) is 0. The lowest BCUT2D eigenvalue weighted by Crippen LogP contribution is -2.35. The number of halogens is 1. The molecule has 0 bridgehead atoms. The molecule has 2 aliphatic heterocycles. The third kappa shape index (κ3) is 3.30. The van der Waals surface area contributed by atoms with Crippen molar-refractivity contribution in [3.05, 3.63) is 58.2 Å². The average molecular weight is 397 g/mol. The van der Waals surface area contributed by atoms with E-state index < -0.39 is 0 Å². The summed E-state index contributed by atoms with van der Waals surface area (Å²) in [6.45, 7) is 2.84. The van der Waals surface area contributed by atoms with Crippen molar-refractivity contribution in [1.82, 2.24) is 25.2 Å². The third-order valence-electron chi connectivity index (χ3n) is 6.17. The molecule has 28 heavy (non-hydrogen) atoms. The largest absolute Gasteiger partial charge is 0.358 e. The van der Waals surface area contributed by atoms with Crippen molar-refractivity contribution in [3.8, 4) is 0 Å².